The lowest BCUT2D eigenvalue weighted by Gasteiger charge is -2.19. The Hall–Kier alpha value is -0.120. The van der Waals surface area contributed by atoms with Crippen molar-refractivity contribution in [2.24, 2.45) is 0 Å². The molecule has 0 heterocycles. The number of hydrogen-bond donors (Lipinski definition) is 1. The van der Waals surface area contributed by atoms with Crippen molar-refractivity contribution >= 4 is 0 Å². The van der Waals surface area contributed by atoms with Crippen molar-refractivity contribution in [1.82, 2.24) is 15.1 Å². The molecule has 0 saturated heterocycles. The van der Waals surface area contributed by atoms with Gasteiger partial charge in [0.25, 0.3) is 0 Å². The van der Waals surface area contributed by atoms with Crippen molar-refractivity contribution in [3.8, 4) is 0 Å². The summed E-state index contributed by atoms with van der Waals surface area (Å²) in [5.41, 5.74) is 0. The molecule has 0 rings (SSSR count). The number of nitrogens with zero attached hydrogens (tertiary/aromatic N) is 2. The third-order valence-corrected chi connectivity index (χ3v) is 2.95. The minimum Gasteiger partial charge on any atom is -0.315 e. The highest BCUT2D eigenvalue weighted by Gasteiger charge is 1.99. The van der Waals surface area contributed by atoms with Crippen molar-refractivity contribution in [3.05, 3.63) is 0 Å². The third kappa shape index (κ3) is 13.8. The van der Waals surface area contributed by atoms with Crippen LogP contribution in [0.5, 0.6) is 0 Å². The Labute approximate surface area is 109 Å². The first-order valence-electron chi connectivity index (χ1n) is 7.09. The van der Waals surface area contributed by atoms with Crippen LogP contribution in [0.3, 0.4) is 0 Å². The summed E-state index contributed by atoms with van der Waals surface area (Å²) in [6, 6.07) is 0.632. The average molecular weight is 243 g/mol. The maximum atomic E-state index is 3.46. The first-order valence-corrected chi connectivity index (χ1v) is 7.09. The molecule has 0 aliphatic heterocycles. The van der Waals surface area contributed by atoms with E-state index in [1.807, 2.05) is 0 Å². The normalized spacial score (nSPS) is 12.0. The van der Waals surface area contributed by atoms with Crippen LogP contribution in [0, 0.1) is 0 Å². The van der Waals surface area contributed by atoms with E-state index in [1.54, 1.807) is 0 Å². The minimum atomic E-state index is 0.632. The molecule has 0 radical (unpaired) electrons. The second kappa shape index (κ2) is 11.0. The molecule has 0 spiro atoms. The van der Waals surface area contributed by atoms with Crippen LogP contribution in [0.4, 0.5) is 0 Å². The van der Waals surface area contributed by atoms with Crippen LogP contribution >= 0.6 is 0 Å². The predicted octanol–water partition coefficient (Wildman–Crippen LogP) is 2.04. The van der Waals surface area contributed by atoms with E-state index < -0.39 is 0 Å². The van der Waals surface area contributed by atoms with E-state index in [2.05, 4.69) is 50.1 Å². The van der Waals surface area contributed by atoms with Gasteiger partial charge >= 0.3 is 0 Å². The Kier molecular flexibility index (Phi) is 10.9. The van der Waals surface area contributed by atoms with Crippen LogP contribution in [0.15, 0.2) is 0 Å². The molecule has 0 aromatic heterocycles. The van der Waals surface area contributed by atoms with E-state index >= 15 is 0 Å². The van der Waals surface area contributed by atoms with Gasteiger partial charge in [-0.1, -0.05) is 26.7 Å². The summed E-state index contributed by atoms with van der Waals surface area (Å²) in [6.45, 7) is 9.18. The summed E-state index contributed by atoms with van der Waals surface area (Å²) < 4.78 is 0. The van der Waals surface area contributed by atoms with Crippen molar-refractivity contribution in [2.45, 2.75) is 45.6 Å². The smallest absolute Gasteiger partial charge is 0.0106 e. The SMILES string of the molecule is CC(C)NCCCCCCN(C)CCN(C)C. The molecule has 0 amide bonds. The lowest BCUT2D eigenvalue weighted by atomic mass is 10.2. The van der Waals surface area contributed by atoms with Crippen molar-refractivity contribution in [3.63, 3.8) is 0 Å². The van der Waals surface area contributed by atoms with E-state index in [4.69, 9.17) is 0 Å². The molecule has 0 saturated carbocycles. The molecule has 1 N–H and O–H groups in total. The Bertz CT molecular complexity index is 158. The van der Waals surface area contributed by atoms with Crippen LogP contribution in [0.2, 0.25) is 0 Å². The van der Waals surface area contributed by atoms with Gasteiger partial charge in [0.15, 0.2) is 0 Å². The zero-order valence-corrected chi connectivity index (χ0v) is 12.6. The van der Waals surface area contributed by atoms with Gasteiger partial charge in [-0.15, -0.1) is 0 Å². The summed E-state index contributed by atoms with van der Waals surface area (Å²) in [5.74, 6) is 0. The summed E-state index contributed by atoms with van der Waals surface area (Å²) in [5, 5.41) is 3.46. The highest BCUT2D eigenvalue weighted by Crippen LogP contribution is 2.00. The molecular weight excluding hydrogens is 210 g/mol. The Morgan fingerprint density at radius 3 is 2.06 bits per heavy atom. The molecule has 0 fully saturated rings. The molecule has 104 valence electrons. The Balaban J connectivity index is 3.16. The van der Waals surface area contributed by atoms with E-state index in [9.17, 15) is 0 Å². The van der Waals surface area contributed by atoms with Gasteiger partial charge in [0.2, 0.25) is 0 Å². The molecule has 0 aliphatic rings. The molecule has 3 nitrogen and oxygen atoms in total. The first kappa shape index (κ1) is 16.9. The molecule has 0 aromatic carbocycles. The highest BCUT2D eigenvalue weighted by atomic mass is 15.1. The van der Waals surface area contributed by atoms with Gasteiger partial charge in [0.05, 0.1) is 0 Å². The molecule has 0 unspecified atom stereocenters. The summed E-state index contributed by atoms with van der Waals surface area (Å²) >= 11 is 0. The molecule has 17 heavy (non-hydrogen) atoms. The lowest BCUT2D eigenvalue weighted by molar-refractivity contribution is 0.277. The maximum absolute atomic E-state index is 3.46. The minimum absolute atomic E-state index is 0.632. The number of hydrogen-bond acceptors (Lipinski definition) is 3. The third-order valence-electron chi connectivity index (χ3n) is 2.95. The summed E-state index contributed by atoms with van der Waals surface area (Å²) in [4.78, 5) is 4.68. The Morgan fingerprint density at radius 1 is 0.824 bits per heavy atom. The van der Waals surface area contributed by atoms with Crippen LogP contribution in [-0.4, -0.2) is 63.2 Å². The van der Waals surface area contributed by atoms with Gasteiger partial charge in [-0.05, 0) is 47.1 Å². The molecule has 0 atom stereocenters. The summed E-state index contributed by atoms with van der Waals surface area (Å²) in [7, 11) is 6.49. The highest BCUT2D eigenvalue weighted by molar-refractivity contribution is 4.56. The van der Waals surface area contributed by atoms with E-state index in [-0.39, 0.29) is 0 Å². The largest absolute Gasteiger partial charge is 0.315 e. The second-order valence-corrected chi connectivity index (χ2v) is 5.63. The van der Waals surface area contributed by atoms with Crippen molar-refractivity contribution in [1.29, 1.82) is 0 Å². The van der Waals surface area contributed by atoms with Crippen LogP contribution in [-0.2, 0) is 0 Å². The van der Waals surface area contributed by atoms with Crippen LogP contribution < -0.4 is 5.32 Å². The van der Waals surface area contributed by atoms with Gasteiger partial charge in [-0.2, -0.15) is 0 Å². The van der Waals surface area contributed by atoms with Crippen LogP contribution in [0.25, 0.3) is 0 Å². The van der Waals surface area contributed by atoms with Gasteiger partial charge < -0.3 is 15.1 Å². The summed E-state index contributed by atoms with van der Waals surface area (Å²) in [6.07, 6.45) is 5.39. The van der Waals surface area contributed by atoms with Crippen molar-refractivity contribution in [2.75, 3.05) is 47.3 Å². The molecule has 0 aromatic rings. The predicted molar refractivity (Wildman–Crippen MR) is 77.7 cm³/mol. The number of rotatable bonds is 11. The van der Waals surface area contributed by atoms with Gasteiger partial charge in [0, 0.05) is 19.1 Å². The van der Waals surface area contributed by atoms with Crippen molar-refractivity contribution < 1.29 is 0 Å². The van der Waals surface area contributed by atoms with Gasteiger partial charge in [-0.3, -0.25) is 0 Å². The topological polar surface area (TPSA) is 18.5 Å². The fourth-order valence-corrected chi connectivity index (χ4v) is 1.73. The zero-order chi connectivity index (χ0) is 13.1. The average Bonchev–Trinajstić information content (AvgIpc) is 2.24. The quantitative estimate of drug-likeness (QED) is 0.560. The molecule has 3 heteroatoms. The van der Waals surface area contributed by atoms with Crippen LogP contribution in [0.1, 0.15) is 39.5 Å². The fraction of sp³-hybridized carbons (Fsp3) is 1.00. The van der Waals surface area contributed by atoms with Gasteiger partial charge in [0.1, 0.15) is 0 Å². The number of unbranched alkanes of at least 4 members (excludes halogenated alkanes) is 3. The molecule has 0 bridgehead atoms. The second-order valence-electron chi connectivity index (χ2n) is 5.63. The van der Waals surface area contributed by atoms with E-state index in [0.717, 1.165) is 6.54 Å². The number of likely N-dealkylation sites (N-methyl/N-ethyl adjacent to an activating group) is 2. The fourth-order valence-electron chi connectivity index (χ4n) is 1.73. The Morgan fingerprint density at radius 2 is 1.47 bits per heavy atom. The van der Waals surface area contributed by atoms with E-state index in [1.165, 1.54) is 45.3 Å². The zero-order valence-electron chi connectivity index (χ0n) is 12.6. The molecule has 0 aliphatic carbocycles. The van der Waals surface area contributed by atoms with E-state index in [0.29, 0.717) is 6.04 Å². The lowest BCUT2D eigenvalue weighted by Crippen LogP contribution is -2.29. The maximum Gasteiger partial charge on any atom is 0.0106 e. The van der Waals surface area contributed by atoms with Gasteiger partial charge in [-0.25, -0.2) is 0 Å². The number of nitrogens with one attached hydrogen (secondary N) is 1. The standard InChI is InChI=1S/C14H33N3/c1-14(2)15-10-8-6-7-9-11-17(5)13-12-16(3)4/h14-15H,6-13H2,1-5H3. The molecular formula is C14H33N3. The monoisotopic (exact) mass is 243 g/mol. The first-order chi connectivity index (χ1) is 8.02.